The molecule has 2 aromatic carbocycles. The number of hydrogen-bond donors (Lipinski definition) is 2. The average molecular weight is 409 g/mol. The molecule has 0 saturated carbocycles. The molecule has 1 aliphatic heterocycles. The molecule has 158 valence electrons. The maximum atomic E-state index is 12.8. The molecular weight excluding hydrogens is 382 g/mol. The number of anilines is 1. The summed E-state index contributed by atoms with van der Waals surface area (Å²) in [5.74, 6) is -0.537. The minimum absolute atomic E-state index is 0.0290. The Balaban J connectivity index is 1.52. The van der Waals surface area contributed by atoms with Gasteiger partial charge in [-0.05, 0) is 36.8 Å². The summed E-state index contributed by atoms with van der Waals surface area (Å²) in [6.45, 7) is 3.38. The van der Waals surface area contributed by atoms with Gasteiger partial charge in [0.05, 0.1) is 13.0 Å². The zero-order valence-electron chi connectivity index (χ0n) is 17.1. The van der Waals surface area contributed by atoms with Gasteiger partial charge in [0.15, 0.2) is 5.78 Å². The van der Waals surface area contributed by atoms with Crippen LogP contribution in [0.15, 0.2) is 54.6 Å². The lowest BCUT2D eigenvalue weighted by Crippen LogP contribution is -2.56. The SMILES string of the molecule is CC(=O)c1ccc(N2CCN(C(=O)[C@H](CO)NC(=O)Cc3ccccc3)CC2)cc1. The highest BCUT2D eigenvalue weighted by Crippen LogP contribution is 2.18. The van der Waals surface area contributed by atoms with E-state index in [1.54, 1.807) is 17.0 Å². The van der Waals surface area contributed by atoms with Gasteiger partial charge in [-0.1, -0.05) is 30.3 Å². The highest BCUT2D eigenvalue weighted by molar-refractivity contribution is 5.94. The van der Waals surface area contributed by atoms with E-state index in [1.807, 2.05) is 42.5 Å². The number of hydrogen-bond acceptors (Lipinski definition) is 5. The van der Waals surface area contributed by atoms with Crippen molar-refractivity contribution in [2.45, 2.75) is 19.4 Å². The largest absolute Gasteiger partial charge is 0.394 e. The molecule has 7 nitrogen and oxygen atoms in total. The van der Waals surface area contributed by atoms with Crippen LogP contribution in [-0.4, -0.2) is 66.4 Å². The van der Waals surface area contributed by atoms with Gasteiger partial charge in [0.25, 0.3) is 0 Å². The Kier molecular flexibility index (Phi) is 7.19. The van der Waals surface area contributed by atoms with Gasteiger partial charge >= 0.3 is 0 Å². The molecule has 3 rings (SSSR count). The standard InChI is InChI=1S/C23H27N3O4/c1-17(28)19-7-9-20(10-8-19)25-11-13-26(14-12-25)23(30)21(16-27)24-22(29)15-18-5-3-2-4-6-18/h2-10,21,27H,11-16H2,1H3,(H,24,29)/t21-/m0/s1. The third-order valence-corrected chi connectivity index (χ3v) is 5.25. The van der Waals surface area contributed by atoms with Gasteiger partial charge in [-0.3, -0.25) is 14.4 Å². The van der Waals surface area contributed by atoms with Gasteiger partial charge in [-0.25, -0.2) is 0 Å². The number of benzene rings is 2. The second kappa shape index (κ2) is 10.0. The predicted octanol–water partition coefficient (Wildman–Crippen LogP) is 1.26. The molecule has 2 N–H and O–H groups in total. The van der Waals surface area contributed by atoms with E-state index in [2.05, 4.69) is 10.2 Å². The number of nitrogens with one attached hydrogen (secondary N) is 1. The van der Waals surface area contributed by atoms with Crippen molar-refractivity contribution in [1.29, 1.82) is 0 Å². The lowest BCUT2D eigenvalue weighted by Gasteiger charge is -2.37. The quantitative estimate of drug-likeness (QED) is 0.672. The van der Waals surface area contributed by atoms with Crippen molar-refractivity contribution in [3.05, 3.63) is 65.7 Å². The fourth-order valence-corrected chi connectivity index (χ4v) is 3.52. The fourth-order valence-electron chi connectivity index (χ4n) is 3.52. The molecule has 1 aliphatic rings. The van der Waals surface area contributed by atoms with Crippen molar-refractivity contribution in [2.75, 3.05) is 37.7 Å². The summed E-state index contributed by atoms with van der Waals surface area (Å²) >= 11 is 0. The summed E-state index contributed by atoms with van der Waals surface area (Å²) in [6, 6.07) is 15.8. The van der Waals surface area contributed by atoms with E-state index >= 15 is 0 Å². The van der Waals surface area contributed by atoms with Crippen LogP contribution < -0.4 is 10.2 Å². The number of carbonyl (C=O) groups excluding carboxylic acids is 3. The van der Waals surface area contributed by atoms with Crippen LogP contribution in [0.25, 0.3) is 0 Å². The number of aliphatic hydroxyl groups excluding tert-OH is 1. The molecule has 0 bridgehead atoms. The summed E-state index contributed by atoms with van der Waals surface area (Å²) < 4.78 is 0. The second-order valence-electron chi connectivity index (χ2n) is 7.38. The smallest absolute Gasteiger partial charge is 0.247 e. The van der Waals surface area contributed by atoms with E-state index in [0.29, 0.717) is 31.7 Å². The zero-order valence-corrected chi connectivity index (χ0v) is 17.1. The van der Waals surface area contributed by atoms with Crippen LogP contribution in [0.2, 0.25) is 0 Å². The van der Waals surface area contributed by atoms with E-state index in [4.69, 9.17) is 0 Å². The topological polar surface area (TPSA) is 90.0 Å². The number of rotatable bonds is 7. The molecule has 1 saturated heterocycles. The van der Waals surface area contributed by atoms with Gasteiger partial charge in [-0.15, -0.1) is 0 Å². The van der Waals surface area contributed by atoms with Crippen LogP contribution >= 0.6 is 0 Å². The van der Waals surface area contributed by atoms with E-state index in [-0.39, 0.29) is 24.0 Å². The van der Waals surface area contributed by atoms with Crippen molar-refractivity contribution in [2.24, 2.45) is 0 Å². The predicted molar refractivity (Wildman–Crippen MR) is 114 cm³/mol. The van der Waals surface area contributed by atoms with E-state index in [9.17, 15) is 19.5 Å². The summed E-state index contributed by atoms with van der Waals surface area (Å²) in [5, 5.41) is 12.3. The van der Waals surface area contributed by atoms with Gasteiger partial charge in [-0.2, -0.15) is 0 Å². The van der Waals surface area contributed by atoms with Gasteiger partial charge in [0.1, 0.15) is 6.04 Å². The number of nitrogens with zero attached hydrogens (tertiary/aromatic N) is 2. The van der Waals surface area contributed by atoms with Crippen LogP contribution in [0.3, 0.4) is 0 Å². The molecule has 0 unspecified atom stereocenters. The van der Waals surface area contributed by atoms with Crippen LogP contribution in [0, 0.1) is 0 Å². The highest BCUT2D eigenvalue weighted by atomic mass is 16.3. The summed E-state index contributed by atoms with van der Waals surface area (Å²) in [6.07, 6.45) is 0.161. The molecule has 0 radical (unpaired) electrons. The lowest BCUT2D eigenvalue weighted by atomic mass is 10.1. The van der Waals surface area contributed by atoms with Crippen molar-refractivity contribution >= 4 is 23.3 Å². The third-order valence-electron chi connectivity index (χ3n) is 5.25. The zero-order chi connectivity index (χ0) is 21.5. The van der Waals surface area contributed by atoms with E-state index < -0.39 is 12.6 Å². The molecule has 2 amide bonds. The third kappa shape index (κ3) is 5.45. The Morgan fingerprint density at radius 2 is 1.60 bits per heavy atom. The number of Topliss-reactive ketones (excluding diaryl/α,β-unsaturated/α-hetero) is 1. The van der Waals surface area contributed by atoms with Gasteiger partial charge < -0.3 is 20.2 Å². The van der Waals surface area contributed by atoms with Crippen LogP contribution in [0.5, 0.6) is 0 Å². The van der Waals surface area contributed by atoms with Crippen molar-refractivity contribution in [3.8, 4) is 0 Å². The van der Waals surface area contributed by atoms with Crippen LogP contribution in [0.4, 0.5) is 5.69 Å². The molecule has 30 heavy (non-hydrogen) atoms. The minimum atomic E-state index is -0.942. The first-order chi connectivity index (χ1) is 14.5. The molecule has 1 heterocycles. The summed E-state index contributed by atoms with van der Waals surface area (Å²) in [4.78, 5) is 40.3. The van der Waals surface area contributed by atoms with Gasteiger partial charge in [0, 0.05) is 37.4 Å². The second-order valence-corrected chi connectivity index (χ2v) is 7.38. The van der Waals surface area contributed by atoms with Gasteiger partial charge in [0.2, 0.25) is 11.8 Å². The molecule has 2 aromatic rings. The van der Waals surface area contributed by atoms with Crippen molar-refractivity contribution in [1.82, 2.24) is 10.2 Å². The van der Waals surface area contributed by atoms with Crippen LogP contribution in [-0.2, 0) is 16.0 Å². The Morgan fingerprint density at radius 3 is 2.17 bits per heavy atom. The van der Waals surface area contributed by atoms with Crippen molar-refractivity contribution in [3.63, 3.8) is 0 Å². The number of ketones is 1. The molecule has 0 spiro atoms. The normalized spacial score (nSPS) is 14.9. The monoisotopic (exact) mass is 409 g/mol. The molecule has 7 heteroatoms. The first kappa shape index (κ1) is 21.5. The fraction of sp³-hybridized carbons (Fsp3) is 0.348. The molecule has 0 aromatic heterocycles. The maximum Gasteiger partial charge on any atom is 0.247 e. The Bertz CT molecular complexity index is 875. The van der Waals surface area contributed by atoms with Crippen molar-refractivity contribution < 1.29 is 19.5 Å². The summed E-state index contributed by atoms with van der Waals surface area (Å²) in [5.41, 5.74) is 2.52. The molecular formula is C23H27N3O4. The summed E-state index contributed by atoms with van der Waals surface area (Å²) in [7, 11) is 0. The number of aliphatic hydroxyl groups is 1. The average Bonchev–Trinajstić information content (AvgIpc) is 2.78. The van der Waals surface area contributed by atoms with E-state index in [1.165, 1.54) is 6.92 Å². The van der Waals surface area contributed by atoms with E-state index in [0.717, 1.165) is 11.3 Å². The van der Waals surface area contributed by atoms with Crippen LogP contribution in [0.1, 0.15) is 22.8 Å². The molecule has 1 atom stereocenters. The minimum Gasteiger partial charge on any atom is -0.394 e. The lowest BCUT2D eigenvalue weighted by molar-refractivity contribution is -0.137. The molecule has 1 fully saturated rings. The first-order valence-electron chi connectivity index (χ1n) is 10.1. The maximum absolute atomic E-state index is 12.8. The highest BCUT2D eigenvalue weighted by Gasteiger charge is 2.28. The Morgan fingerprint density at radius 1 is 0.967 bits per heavy atom. The molecule has 0 aliphatic carbocycles. The Labute approximate surface area is 176 Å². The number of piperazine rings is 1. The number of carbonyl (C=O) groups is 3. The first-order valence-corrected chi connectivity index (χ1v) is 10.1. The number of amides is 2. The Hall–Kier alpha value is -3.19.